The molecule has 0 saturated heterocycles. The minimum absolute atomic E-state index is 0.195. The van der Waals surface area contributed by atoms with Crippen molar-refractivity contribution in [3.05, 3.63) is 119 Å². The lowest BCUT2D eigenvalue weighted by Crippen LogP contribution is -2.47. The molecule has 0 atom stereocenters. The van der Waals surface area contributed by atoms with Gasteiger partial charge in [-0.3, -0.25) is 19.3 Å². The van der Waals surface area contributed by atoms with Crippen molar-refractivity contribution in [2.24, 2.45) is 0 Å². The molecule has 0 bridgehead atoms. The fourth-order valence-electron chi connectivity index (χ4n) is 4.69. The molecule has 2 aliphatic heterocycles. The Bertz CT molecular complexity index is 1550. The number of imide groups is 1. The number of benzene rings is 4. The van der Waals surface area contributed by atoms with Crippen LogP contribution in [-0.2, 0) is 18.0 Å². The van der Waals surface area contributed by atoms with Crippen LogP contribution in [0.3, 0.4) is 0 Å². The molecule has 0 radical (unpaired) electrons. The monoisotopic (exact) mass is 490 g/mol. The standard InChI is InChI=1S/C30H22N2O5/c33-28(32-25-14-6-2-10-21(25)19-37-27-16-8-4-12-23(27)30(32)35)17-31-24-13-5-1-9-20(24)18-36-26-15-7-3-11-22(26)29(31)34/h1-16H,17-19H2. The van der Waals surface area contributed by atoms with Gasteiger partial charge in [-0.25, -0.2) is 4.90 Å². The zero-order valence-corrected chi connectivity index (χ0v) is 19.8. The molecule has 4 aromatic rings. The number of para-hydroxylation sites is 4. The van der Waals surface area contributed by atoms with Crippen LogP contribution < -0.4 is 19.3 Å². The summed E-state index contributed by atoms with van der Waals surface area (Å²) in [5.41, 5.74) is 3.08. The second kappa shape index (κ2) is 9.28. The molecule has 2 aliphatic rings. The molecule has 2 heterocycles. The summed E-state index contributed by atoms with van der Waals surface area (Å²) < 4.78 is 11.8. The highest BCUT2D eigenvalue weighted by Gasteiger charge is 2.34. The third-order valence-electron chi connectivity index (χ3n) is 6.51. The number of anilines is 2. The van der Waals surface area contributed by atoms with Gasteiger partial charge >= 0.3 is 0 Å². The van der Waals surface area contributed by atoms with E-state index >= 15 is 0 Å². The maximum Gasteiger partial charge on any atom is 0.268 e. The second-order valence-electron chi connectivity index (χ2n) is 8.75. The van der Waals surface area contributed by atoms with Crippen molar-refractivity contribution < 1.29 is 23.9 Å². The van der Waals surface area contributed by atoms with E-state index in [4.69, 9.17) is 9.47 Å². The summed E-state index contributed by atoms with van der Waals surface area (Å²) in [6, 6.07) is 28.2. The molecule has 0 spiro atoms. The van der Waals surface area contributed by atoms with Crippen molar-refractivity contribution in [1.82, 2.24) is 0 Å². The van der Waals surface area contributed by atoms with Gasteiger partial charge in [0.2, 0.25) is 0 Å². The van der Waals surface area contributed by atoms with Gasteiger partial charge in [0.1, 0.15) is 31.3 Å². The molecule has 37 heavy (non-hydrogen) atoms. The highest BCUT2D eigenvalue weighted by molar-refractivity contribution is 6.24. The van der Waals surface area contributed by atoms with Crippen molar-refractivity contribution in [3.8, 4) is 11.5 Å². The lowest BCUT2D eigenvalue weighted by atomic mass is 10.1. The first-order valence-electron chi connectivity index (χ1n) is 11.9. The van der Waals surface area contributed by atoms with Crippen LogP contribution in [0.25, 0.3) is 0 Å². The van der Waals surface area contributed by atoms with Crippen LogP contribution in [0, 0.1) is 0 Å². The van der Waals surface area contributed by atoms with Gasteiger partial charge in [0.15, 0.2) is 0 Å². The number of nitrogens with zero attached hydrogens (tertiary/aromatic N) is 2. The maximum absolute atomic E-state index is 14.0. The molecular formula is C30H22N2O5. The van der Waals surface area contributed by atoms with Crippen molar-refractivity contribution in [1.29, 1.82) is 0 Å². The number of fused-ring (bicyclic) bond motifs is 4. The van der Waals surface area contributed by atoms with Crippen molar-refractivity contribution in [2.75, 3.05) is 16.3 Å². The summed E-state index contributed by atoms with van der Waals surface area (Å²) in [5, 5.41) is 0. The van der Waals surface area contributed by atoms with Crippen LogP contribution >= 0.6 is 0 Å². The van der Waals surface area contributed by atoms with E-state index in [1.54, 1.807) is 72.8 Å². The highest BCUT2D eigenvalue weighted by Crippen LogP contribution is 2.33. The molecule has 0 saturated carbocycles. The minimum atomic E-state index is -0.531. The van der Waals surface area contributed by atoms with Crippen LogP contribution in [0.5, 0.6) is 11.5 Å². The van der Waals surface area contributed by atoms with Crippen LogP contribution in [0.4, 0.5) is 11.4 Å². The summed E-state index contributed by atoms with van der Waals surface area (Å²) in [4.78, 5) is 44.2. The summed E-state index contributed by atoms with van der Waals surface area (Å²) in [7, 11) is 0. The topological polar surface area (TPSA) is 76.2 Å². The van der Waals surface area contributed by atoms with Gasteiger partial charge in [-0.1, -0.05) is 60.7 Å². The van der Waals surface area contributed by atoms with E-state index in [1.165, 1.54) is 4.90 Å². The van der Waals surface area contributed by atoms with Crippen molar-refractivity contribution in [2.45, 2.75) is 13.2 Å². The smallest absolute Gasteiger partial charge is 0.268 e. The molecule has 182 valence electrons. The summed E-state index contributed by atoms with van der Waals surface area (Å²) in [5.74, 6) is -0.579. The Morgan fingerprint density at radius 3 is 1.76 bits per heavy atom. The van der Waals surface area contributed by atoms with E-state index in [9.17, 15) is 14.4 Å². The third-order valence-corrected chi connectivity index (χ3v) is 6.51. The van der Waals surface area contributed by atoms with Gasteiger partial charge < -0.3 is 9.47 Å². The SMILES string of the molecule is O=C1c2ccccc2OCc2ccccc2N1CC(=O)N1C(=O)c2ccccc2OCc2ccccc21. The normalized spacial score (nSPS) is 14.4. The number of rotatable bonds is 2. The fourth-order valence-corrected chi connectivity index (χ4v) is 4.69. The summed E-state index contributed by atoms with van der Waals surface area (Å²) in [6.07, 6.45) is 0. The molecule has 7 heteroatoms. The number of carbonyl (C=O) groups excluding carboxylic acids is 3. The van der Waals surface area contributed by atoms with Crippen molar-refractivity contribution >= 4 is 29.1 Å². The zero-order chi connectivity index (χ0) is 25.4. The molecule has 0 aromatic heterocycles. The van der Waals surface area contributed by atoms with Crippen LogP contribution in [0.15, 0.2) is 97.1 Å². The Balaban J connectivity index is 1.44. The van der Waals surface area contributed by atoms with Gasteiger partial charge in [-0.2, -0.15) is 0 Å². The van der Waals surface area contributed by atoms with Gasteiger partial charge in [0.05, 0.1) is 22.5 Å². The van der Waals surface area contributed by atoms with E-state index < -0.39 is 11.8 Å². The first-order valence-corrected chi connectivity index (χ1v) is 11.9. The number of ether oxygens (including phenoxy) is 2. The average Bonchev–Trinajstić information content (AvgIpc) is 2.93. The predicted molar refractivity (Wildman–Crippen MR) is 138 cm³/mol. The zero-order valence-electron chi connectivity index (χ0n) is 19.8. The van der Waals surface area contributed by atoms with Gasteiger partial charge in [0, 0.05) is 11.1 Å². The molecular weight excluding hydrogens is 468 g/mol. The lowest BCUT2D eigenvalue weighted by molar-refractivity contribution is -0.116. The first kappa shape index (κ1) is 22.5. The Morgan fingerprint density at radius 1 is 0.622 bits per heavy atom. The van der Waals surface area contributed by atoms with E-state index in [2.05, 4.69) is 0 Å². The van der Waals surface area contributed by atoms with Crippen molar-refractivity contribution in [3.63, 3.8) is 0 Å². The Labute approximate surface area is 213 Å². The molecule has 4 aromatic carbocycles. The molecule has 0 N–H and O–H groups in total. The number of hydrogen-bond acceptors (Lipinski definition) is 5. The van der Waals surface area contributed by atoms with E-state index in [0.717, 1.165) is 10.5 Å². The van der Waals surface area contributed by atoms with Gasteiger partial charge in [0.25, 0.3) is 17.7 Å². The molecule has 0 aliphatic carbocycles. The third kappa shape index (κ3) is 4.00. The van der Waals surface area contributed by atoms with E-state index in [1.807, 2.05) is 24.3 Å². The lowest BCUT2D eigenvalue weighted by Gasteiger charge is -2.31. The van der Waals surface area contributed by atoms with Crippen LogP contribution in [0.1, 0.15) is 31.8 Å². The van der Waals surface area contributed by atoms with Crippen LogP contribution in [-0.4, -0.2) is 24.3 Å². The number of carbonyl (C=O) groups is 3. The maximum atomic E-state index is 14.0. The summed E-state index contributed by atoms with van der Waals surface area (Å²) in [6.45, 7) is 0.0923. The number of amides is 3. The predicted octanol–water partition coefficient (Wildman–Crippen LogP) is 4.99. The molecule has 0 fully saturated rings. The quantitative estimate of drug-likeness (QED) is 0.396. The fraction of sp³-hybridized carbons (Fsp3) is 0.100. The molecule has 7 nitrogen and oxygen atoms in total. The number of hydrogen-bond donors (Lipinski definition) is 0. The largest absolute Gasteiger partial charge is 0.488 e. The molecule has 0 unspecified atom stereocenters. The van der Waals surface area contributed by atoms with E-state index in [0.29, 0.717) is 34.0 Å². The second-order valence-corrected chi connectivity index (χ2v) is 8.75. The molecule has 3 amide bonds. The van der Waals surface area contributed by atoms with Gasteiger partial charge in [-0.05, 0) is 36.4 Å². The average molecular weight is 491 g/mol. The summed E-state index contributed by atoms with van der Waals surface area (Å²) >= 11 is 0. The Morgan fingerprint density at radius 2 is 1.11 bits per heavy atom. The minimum Gasteiger partial charge on any atom is -0.488 e. The highest BCUT2D eigenvalue weighted by atomic mass is 16.5. The van der Waals surface area contributed by atoms with Gasteiger partial charge in [-0.15, -0.1) is 0 Å². The molecule has 6 rings (SSSR count). The Hall–Kier alpha value is -4.91. The van der Waals surface area contributed by atoms with E-state index in [-0.39, 0.29) is 31.2 Å². The first-order chi connectivity index (χ1) is 18.1. The Kier molecular flexibility index (Phi) is 5.65. The van der Waals surface area contributed by atoms with Crippen LogP contribution in [0.2, 0.25) is 0 Å².